The lowest BCUT2D eigenvalue weighted by Crippen LogP contribution is -2.05. The van der Waals surface area contributed by atoms with Crippen LogP contribution in [-0.2, 0) is 16.0 Å². The smallest absolute Gasteiger partial charge is 0.363 e. The first-order valence-corrected chi connectivity index (χ1v) is 10.3. The van der Waals surface area contributed by atoms with Gasteiger partial charge in [-0.05, 0) is 52.9 Å². The number of esters is 1. The Morgan fingerprint density at radius 3 is 2.52 bits per heavy atom. The van der Waals surface area contributed by atoms with Crippen LogP contribution < -0.4 is 0 Å². The van der Waals surface area contributed by atoms with E-state index in [4.69, 9.17) is 4.74 Å². The van der Waals surface area contributed by atoms with E-state index in [1.165, 1.54) is 31.2 Å². The highest BCUT2D eigenvalue weighted by Crippen LogP contribution is 2.24. The summed E-state index contributed by atoms with van der Waals surface area (Å²) in [5.41, 5.74) is 3.43. The van der Waals surface area contributed by atoms with Gasteiger partial charge < -0.3 is 4.74 Å². The predicted molar refractivity (Wildman–Crippen MR) is 119 cm³/mol. The van der Waals surface area contributed by atoms with Crippen molar-refractivity contribution in [1.82, 2.24) is 0 Å². The normalized spacial score (nSPS) is 15.0. The maximum absolute atomic E-state index is 12.4. The van der Waals surface area contributed by atoms with Crippen LogP contribution in [0.2, 0.25) is 0 Å². The van der Waals surface area contributed by atoms with Gasteiger partial charge in [0.15, 0.2) is 5.70 Å². The summed E-state index contributed by atoms with van der Waals surface area (Å²) in [7, 11) is 0. The summed E-state index contributed by atoms with van der Waals surface area (Å²) in [4.78, 5) is 16.8. The van der Waals surface area contributed by atoms with Crippen molar-refractivity contribution in [3.8, 4) is 0 Å². The van der Waals surface area contributed by atoms with Gasteiger partial charge >= 0.3 is 5.97 Å². The molecule has 1 heterocycles. The van der Waals surface area contributed by atoms with Crippen molar-refractivity contribution in [2.24, 2.45) is 4.99 Å². The van der Waals surface area contributed by atoms with Crippen molar-refractivity contribution >= 4 is 28.7 Å². The van der Waals surface area contributed by atoms with E-state index in [0.717, 1.165) is 28.3 Å². The van der Waals surface area contributed by atoms with Gasteiger partial charge in [0.1, 0.15) is 0 Å². The predicted octanol–water partition coefficient (Wildman–Crippen LogP) is 6.31. The SMILES string of the molecule is CCCCCCc1ccc(C2=N/C(=C\c3cccc4ccccc34)C(=O)O2)cc1. The van der Waals surface area contributed by atoms with Gasteiger partial charge in [-0.2, -0.15) is 0 Å². The monoisotopic (exact) mass is 383 g/mol. The molecule has 0 fully saturated rings. The molecule has 0 aliphatic carbocycles. The van der Waals surface area contributed by atoms with Crippen LogP contribution in [-0.4, -0.2) is 11.9 Å². The van der Waals surface area contributed by atoms with Crippen molar-refractivity contribution in [2.45, 2.75) is 39.0 Å². The van der Waals surface area contributed by atoms with Gasteiger partial charge in [0.05, 0.1) is 0 Å². The molecule has 29 heavy (non-hydrogen) atoms. The number of benzene rings is 3. The molecule has 3 heteroatoms. The number of cyclic esters (lactones) is 1. The summed E-state index contributed by atoms with van der Waals surface area (Å²) >= 11 is 0. The molecule has 0 unspecified atom stereocenters. The van der Waals surface area contributed by atoms with Crippen molar-refractivity contribution in [2.75, 3.05) is 0 Å². The molecule has 0 spiro atoms. The molecule has 4 rings (SSSR count). The number of unbranched alkanes of at least 4 members (excludes halogenated alkanes) is 3. The van der Waals surface area contributed by atoms with Crippen LogP contribution in [0.25, 0.3) is 16.8 Å². The average molecular weight is 383 g/mol. The average Bonchev–Trinajstić information content (AvgIpc) is 3.12. The molecule has 0 atom stereocenters. The van der Waals surface area contributed by atoms with E-state index in [0.29, 0.717) is 11.6 Å². The minimum atomic E-state index is -0.406. The van der Waals surface area contributed by atoms with Gasteiger partial charge in [0.25, 0.3) is 0 Å². The number of nitrogens with zero attached hydrogens (tertiary/aromatic N) is 1. The number of hydrogen-bond acceptors (Lipinski definition) is 3. The van der Waals surface area contributed by atoms with Gasteiger partial charge in [-0.15, -0.1) is 0 Å². The molecular weight excluding hydrogens is 358 g/mol. The van der Waals surface area contributed by atoms with Crippen LogP contribution in [0.15, 0.2) is 77.4 Å². The molecule has 146 valence electrons. The quantitative estimate of drug-likeness (QED) is 0.272. The fourth-order valence-corrected chi connectivity index (χ4v) is 3.63. The van der Waals surface area contributed by atoms with Crippen LogP contribution in [0.5, 0.6) is 0 Å². The van der Waals surface area contributed by atoms with Crippen LogP contribution in [0.3, 0.4) is 0 Å². The summed E-state index contributed by atoms with van der Waals surface area (Å²) < 4.78 is 5.44. The lowest BCUT2D eigenvalue weighted by Gasteiger charge is -2.03. The largest absolute Gasteiger partial charge is 0.402 e. The Labute approximate surface area is 171 Å². The number of hydrogen-bond donors (Lipinski definition) is 0. The van der Waals surface area contributed by atoms with E-state index in [1.54, 1.807) is 6.08 Å². The van der Waals surface area contributed by atoms with Gasteiger partial charge in [-0.1, -0.05) is 80.8 Å². The zero-order valence-corrected chi connectivity index (χ0v) is 16.7. The topological polar surface area (TPSA) is 38.7 Å². The Balaban J connectivity index is 1.53. The van der Waals surface area contributed by atoms with Crippen molar-refractivity contribution in [3.63, 3.8) is 0 Å². The van der Waals surface area contributed by atoms with Gasteiger partial charge in [-0.3, -0.25) is 0 Å². The third-order valence-electron chi connectivity index (χ3n) is 5.26. The van der Waals surface area contributed by atoms with Crippen LogP contribution >= 0.6 is 0 Å². The molecule has 0 bridgehead atoms. The highest BCUT2D eigenvalue weighted by atomic mass is 16.6. The fourth-order valence-electron chi connectivity index (χ4n) is 3.63. The third kappa shape index (κ3) is 4.45. The lowest BCUT2D eigenvalue weighted by atomic mass is 10.0. The first-order valence-electron chi connectivity index (χ1n) is 10.3. The molecule has 0 N–H and O–H groups in total. The Hall–Kier alpha value is -3.20. The second kappa shape index (κ2) is 8.87. The van der Waals surface area contributed by atoms with Crippen LogP contribution in [0, 0.1) is 0 Å². The van der Waals surface area contributed by atoms with E-state index >= 15 is 0 Å². The Morgan fingerprint density at radius 1 is 0.897 bits per heavy atom. The maximum atomic E-state index is 12.4. The Bertz CT molecular complexity index is 1070. The summed E-state index contributed by atoms with van der Waals surface area (Å²) in [5, 5.41) is 2.22. The van der Waals surface area contributed by atoms with Gasteiger partial charge in [0.2, 0.25) is 5.90 Å². The van der Waals surface area contributed by atoms with E-state index in [2.05, 4.69) is 36.2 Å². The van der Waals surface area contributed by atoms with E-state index in [1.807, 2.05) is 42.5 Å². The first-order chi connectivity index (χ1) is 14.2. The maximum Gasteiger partial charge on any atom is 0.363 e. The zero-order valence-electron chi connectivity index (χ0n) is 16.7. The van der Waals surface area contributed by atoms with Gasteiger partial charge in [-0.25, -0.2) is 9.79 Å². The number of carbonyl (C=O) groups excluding carboxylic acids is 1. The molecule has 0 amide bonds. The molecule has 0 saturated heterocycles. The minimum absolute atomic E-state index is 0.333. The van der Waals surface area contributed by atoms with Gasteiger partial charge in [0, 0.05) is 5.56 Å². The molecule has 0 radical (unpaired) electrons. The van der Waals surface area contributed by atoms with E-state index in [9.17, 15) is 4.79 Å². The standard InChI is InChI=1S/C26H25NO2/c1-2-3-4-5-9-19-14-16-21(17-15-19)25-27-24(26(28)29-25)18-22-12-8-11-20-10-6-7-13-23(20)22/h6-8,10-18H,2-5,9H2,1H3/b24-18-. The number of aryl methyl sites for hydroxylation is 1. The second-order valence-corrected chi connectivity index (χ2v) is 7.41. The number of ether oxygens (including phenoxy) is 1. The van der Waals surface area contributed by atoms with E-state index < -0.39 is 5.97 Å². The van der Waals surface area contributed by atoms with E-state index in [-0.39, 0.29) is 0 Å². The number of fused-ring (bicyclic) bond motifs is 1. The van der Waals surface area contributed by atoms with Crippen molar-refractivity contribution in [1.29, 1.82) is 0 Å². The van der Waals surface area contributed by atoms with Crippen LogP contribution in [0.1, 0.15) is 49.3 Å². The molecule has 0 aromatic heterocycles. The number of aliphatic imine (C=N–C) groups is 1. The zero-order chi connectivity index (χ0) is 20.1. The molecule has 1 aliphatic rings. The van der Waals surface area contributed by atoms with Crippen molar-refractivity contribution in [3.05, 3.63) is 89.1 Å². The Morgan fingerprint density at radius 2 is 1.69 bits per heavy atom. The fraction of sp³-hybridized carbons (Fsp3) is 0.231. The minimum Gasteiger partial charge on any atom is -0.402 e. The lowest BCUT2D eigenvalue weighted by molar-refractivity contribution is -0.129. The summed E-state index contributed by atoms with van der Waals surface area (Å²) in [5.74, 6) is -0.0319. The Kier molecular flexibility index (Phi) is 5.85. The second-order valence-electron chi connectivity index (χ2n) is 7.41. The molecule has 1 aliphatic heterocycles. The molecule has 3 aromatic rings. The highest BCUT2D eigenvalue weighted by Gasteiger charge is 2.24. The molecule has 3 nitrogen and oxygen atoms in total. The molecule has 0 saturated carbocycles. The number of carbonyl (C=O) groups is 1. The number of rotatable bonds is 7. The summed E-state index contributed by atoms with van der Waals surface area (Å²) in [6, 6.07) is 22.3. The highest BCUT2D eigenvalue weighted by molar-refractivity contribution is 6.13. The van der Waals surface area contributed by atoms with Crippen molar-refractivity contribution < 1.29 is 9.53 Å². The third-order valence-corrected chi connectivity index (χ3v) is 5.26. The summed E-state index contributed by atoms with van der Waals surface area (Å²) in [6.07, 6.45) is 7.90. The first kappa shape index (κ1) is 19.1. The molecular formula is C26H25NO2. The van der Waals surface area contributed by atoms with Crippen LogP contribution in [0.4, 0.5) is 0 Å². The summed E-state index contributed by atoms with van der Waals surface area (Å²) in [6.45, 7) is 2.22. The molecule has 3 aromatic carbocycles.